The summed E-state index contributed by atoms with van der Waals surface area (Å²) in [6.45, 7) is 1.66. The first-order valence-electron chi connectivity index (χ1n) is 7.38. The Morgan fingerprint density at radius 3 is 2.16 bits per heavy atom. The molecule has 2 aromatic rings. The van der Waals surface area contributed by atoms with Crippen molar-refractivity contribution in [2.75, 3.05) is 11.9 Å². The van der Waals surface area contributed by atoms with Gasteiger partial charge in [0.05, 0.1) is 11.5 Å². The quantitative estimate of drug-likeness (QED) is 0.579. The number of benzene rings is 2. The standard InChI is InChI=1S/C17H12N2O6/c1-2-25-17(22)18-13-7-11-12(8-14(13)19(23)24)16(21)10-6-4-3-5-9(10)15(11)20/h3-8H,2H2,1H3,(H,18,22). The van der Waals surface area contributed by atoms with E-state index in [0.29, 0.717) is 0 Å². The Morgan fingerprint density at radius 2 is 1.64 bits per heavy atom. The third-order valence-corrected chi connectivity index (χ3v) is 3.75. The van der Waals surface area contributed by atoms with Gasteiger partial charge in [0.15, 0.2) is 11.6 Å². The molecule has 1 aliphatic carbocycles. The van der Waals surface area contributed by atoms with Crippen molar-refractivity contribution < 1.29 is 24.0 Å². The molecule has 8 nitrogen and oxygen atoms in total. The van der Waals surface area contributed by atoms with Crippen LogP contribution in [0, 0.1) is 10.1 Å². The van der Waals surface area contributed by atoms with E-state index in [1.54, 1.807) is 19.1 Å². The van der Waals surface area contributed by atoms with E-state index >= 15 is 0 Å². The lowest BCUT2D eigenvalue weighted by atomic mass is 9.83. The van der Waals surface area contributed by atoms with Gasteiger partial charge >= 0.3 is 6.09 Å². The number of ether oxygens (including phenoxy) is 1. The summed E-state index contributed by atoms with van der Waals surface area (Å²) in [7, 11) is 0. The molecule has 25 heavy (non-hydrogen) atoms. The van der Waals surface area contributed by atoms with Crippen molar-refractivity contribution in [2.45, 2.75) is 6.92 Å². The van der Waals surface area contributed by atoms with Crippen LogP contribution in [-0.2, 0) is 4.74 Å². The molecule has 1 aliphatic rings. The Balaban J connectivity index is 2.16. The maximum absolute atomic E-state index is 12.6. The Kier molecular flexibility index (Phi) is 4.02. The molecule has 0 heterocycles. The van der Waals surface area contributed by atoms with Gasteiger partial charge in [0.1, 0.15) is 5.69 Å². The number of nitrogens with one attached hydrogen (secondary N) is 1. The molecule has 0 saturated heterocycles. The molecular weight excluding hydrogens is 328 g/mol. The van der Waals surface area contributed by atoms with Crippen LogP contribution in [-0.4, -0.2) is 29.2 Å². The molecule has 0 saturated carbocycles. The molecule has 0 radical (unpaired) electrons. The van der Waals surface area contributed by atoms with Crippen molar-refractivity contribution in [3.05, 3.63) is 68.8 Å². The van der Waals surface area contributed by atoms with Gasteiger partial charge in [-0.3, -0.25) is 25.0 Å². The Morgan fingerprint density at radius 1 is 1.08 bits per heavy atom. The lowest BCUT2D eigenvalue weighted by molar-refractivity contribution is -0.383. The van der Waals surface area contributed by atoms with E-state index in [0.717, 1.165) is 12.1 Å². The van der Waals surface area contributed by atoms with Crippen molar-refractivity contribution in [1.29, 1.82) is 0 Å². The topological polar surface area (TPSA) is 116 Å². The van der Waals surface area contributed by atoms with Gasteiger partial charge in [0.2, 0.25) is 0 Å². The van der Waals surface area contributed by atoms with Crippen molar-refractivity contribution in [2.24, 2.45) is 0 Å². The Labute approximate surface area is 141 Å². The maximum Gasteiger partial charge on any atom is 0.411 e. The van der Waals surface area contributed by atoms with Crippen molar-refractivity contribution in [1.82, 2.24) is 0 Å². The van der Waals surface area contributed by atoms with E-state index in [2.05, 4.69) is 5.32 Å². The summed E-state index contributed by atoms with van der Waals surface area (Å²) in [6.07, 6.45) is -0.888. The number of fused-ring (bicyclic) bond motifs is 2. The van der Waals surface area contributed by atoms with E-state index in [1.807, 2.05) is 0 Å². The van der Waals surface area contributed by atoms with Gasteiger partial charge in [-0.25, -0.2) is 4.79 Å². The minimum absolute atomic E-state index is 0.00102. The maximum atomic E-state index is 12.6. The van der Waals surface area contributed by atoms with Gasteiger partial charge in [-0.1, -0.05) is 24.3 Å². The van der Waals surface area contributed by atoms with Gasteiger partial charge in [-0.15, -0.1) is 0 Å². The molecule has 3 rings (SSSR count). The van der Waals surface area contributed by atoms with Gasteiger partial charge in [0, 0.05) is 28.3 Å². The van der Waals surface area contributed by atoms with Crippen LogP contribution < -0.4 is 5.32 Å². The SMILES string of the molecule is CCOC(=O)Nc1cc2c(cc1[N+](=O)[O-])C(=O)c1ccccc1C2=O. The van der Waals surface area contributed by atoms with Crippen LogP contribution in [0.3, 0.4) is 0 Å². The number of ketones is 2. The molecule has 0 unspecified atom stereocenters. The number of rotatable bonds is 3. The zero-order chi connectivity index (χ0) is 18.1. The first-order chi connectivity index (χ1) is 11.9. The molecular formula is C17H12N2O6. The zero-order valence-electron chi connectivity index (χ0n) is 13.1. The third-order valence-electron chi connectivity index (χ3n) is 3.75. The number of carbonyl (C=O) groups is 3. The number of nitro benzene ring substituents is 1. The number of carbonyl (C=O) groups excluding carboxylic acids is 3. The fourth-order valence-electron chi connectivity index (χ4n) is 2.66. The zero-order valence-corrected chi connectivity index (χ0v) is 13.1. The second-order valence-electron chi connectivity index (χ2n) is 5.22. The highest BCUT2D eigenvalue weighted by Gasteiger charge is 2.33. The average molecular weight is 340 g/mol. The van der Waals surface area contributed by atoms with Crippen molar-refractivity contribution in [3.63, 3.8) is 0 Å². The highest BCUT2D eigenvalue weighted by molar-refractivity contribution is 6.29. The largest absolute Gasteiger partial charge is 0.450 e. The van der Waals surface area contributed by atoms with E-state index < -0.39 is 28.3 Å². The number of hydrogen-bond donors (Lipinski definition) is 1. The highest BCUT2D eigenvalue weighted by Crippen LogP contribution is 2.34. The van der Waals surface area contributed by atoms with Crippen molar-refractivity contribution in [3.8, 4) is 0 Å². The molecule has 126 valence electrons. The molecule has 0 atom stereocenters. The summed E-state index contributed by atoms with van der Waals surface area (Å²) in [4.78, 5) is 47.4. The van der Waals surface area contributed by atoms with Gasteiger partial charge in [-0.2, -0.15) is 0 Å². The summed E-state index contributed by atoms with van der Waals surface area (Å²) in [5, 5.41) is 13.5. The van der Waals surface area contributed by atoms with E-state index in [9.17, 15) is 24.5 Å². The summed E-state index contributed by atoms with van der Waals surface area (Å²) in [5.74, 6) is -0.914. The number of hydrogen-bond acceptors (Lipinski definition) is 6. The lowest BCUT2D eigenvalue weighted by Crippen LogP contribution is -2.22. The predicted octanol–water partition coefficient (Wildman–Crippen LogP) is 2.94. The second kappa shape index (κ2) is 6.16. The normalized spacial score (nSPS) is 12.2. The smallest absolute Gasteiger partial charge is 0.411 e. The predicted molar refractivity (Wildman–Crippen MR) is 87.0 cm³/mol. The number of nitrogens with zero attached hydrogens (tertiary/aromatic N) is 1. The fraction of sp³-hybridized carbons (Fsp3) is 0.118. The number of anilines is 1. The molecule has 0 bridgehead atoms. The first kappa shape index (κ1) is 16.3. The van der Waals surface area contributed by atoms with Crippen LogP contribution >= 0.6 is 0 Å². The summed E-state index contributed by atoms with van der Waals surface area (Å²) in [5.41, 5.74) is -0.350. The van der Waals surface area contributed by atoms with Gasteiger partial charge in [-0.05, 0) is 13.0 Å². The molecule has 8 heteroatoms. The van der Waals surface area contributed by atoms with Gasteiger partial charge in [0.25, 0.3) is 5.69 Å². The molecule has 0 spiro atoms. The van der Waals surface area contributed by atoms with Crippen LogP contribution in [0.25, 0.3) is 0 Å². The minimum Gasteiger partial charge on any atom is -0.450 e. The Hall–Kier alpha value is -3.55. The number of nitro groups is 1. The first-order valence-corrected chi connectivity index (χ1v) is 7.38. The van der Waals surface area contributed by atoms with Gasteiger partial charge < -0.3 is 4.74 Å². The van der Waals surface area contributed by atoms with Crippen molar-refractivity contribution >= 4 is 29.0 Å². The summed E-state index contributed by atoms with van der Waals surface area (Å²) in [6, 6.07) is 8.39. The summed E-state index contributed by atoms with van der Waals surface area (Å²) < 4.78 is 4.70. The lowest BCUT2D eigenvalue weighted by Gasteiger charge is -2.18. The van der Waals surface area contributed by atoms with Crippen LogP contribution in [0.5, 0.6) is 0 Å². The van der Waals surface area contributed by atoms with E-state index in [1.165, 1.54) is 12.1 Å². The van der Waals surface area contributed by atoms with Crippen LogP contribution in [0.15, 0.2) is 36.4 Å². The monoisotopic (exact) mass is 340 g/mol. The van der Waals surface area contributed by atoms with Crippen LogP contribution in [0.2, 0.25) is 0 Å². The van der Waals surface area contributed by atoms with E-state index in [4.69, 9.17) is 4.74 Å². The summed E-state index contributed by atoms with van der Waals surface area (Å²) >= 11 is 0. The highest BCUT2D eigenvalue weighted by atomic mass is 16.6. The number of amides is 1. The van der Waals surface area contributed by atoms with Crippen LogP contribution in [0.4, 0.5) is 16.2 Å². The third kappa shape index (κ3) is 2.74. The second-order valence-corrected chi connectivity index (χ2v) is 5.22. The molecule has 0 aliphatic heterocycles. The molecule has 2 aromatic carbocycles. The molecule has 1 N–H and O–H groups in total. The Bertz CT molecular complexity index is 935. The molecule has 0 fully saturated rings. The fourth-order valence-corrected chi connectivity index (χ4v) is 2.66. The average Bonchev–Trinajstić information content (AvgIpc) is 2.59. The molecule has 1 amide bonds. The van der Waals surface area contributed by atoms with Crippen LogP contribution in [0.1, 0.15) is 38.8 Å². The van der Waals surface area contributed by atoms with E-state index in [-0.39, 0.29) is 34.5 Å². The molecule has 0 aromatic heterocycles. The minimum atomic E-state index is -0.888.